The van der Waals surface area contributed by atoms with Crippen LogP contribution in [0.2, 0.25) is 0 Å². The highest BCUT2D eigenvalue weighted by Gasteiger charge is 2.31. The molecule has 2 rings (SSSR count). The van der Waals surface area contributed by atoms with E-state index in [2.05, 4.69) is 47.4 Å². The summed E-state index contributed by atoms with van der Waals surface area (Å²) in [4.78, 5) is 2.47. The first-order valence-electron chi connectivity index (χ1n) is 5.12. The lowest BCUT2D eigenvalue weighted by atomic mass is 10.0. The number of hydrogen-bond donors (Lipinski definition) is 0. The van der Waals surface area contributed by atoms with Gasteiger partial charge in [0.25, 0.3) is 0 Å². The van der Waals surface area contributed by atoms with E-state index in [0.717, 1.165) is 18.9 Å². The highest BCUT2D eigenvalue weighted by Crippen LogP contribution is 2.24. The Bertz CT molecular complexity index is 323. The van der Waals surface area contributed by atoms with Crippen molar-refractivity contribution in [3.8, 4) is 0 Å². The molecule has 78 valence electrons. The summed E-state index contributed by atoms with van der Waals surface area (Å²) >= 11 is 0. The fourth-order valence-electron chi connectivity index (χ4n) is 2.14. The van der Waals surface area contributed by atoms with E-state index >= 15 is 0 Å². The Morgan fingerprint density at radius 2 is 2.14 bits per heavy atom. The van der Waals surface area contributed by atoms with Gasteiger partial charge in [-0.15, -0.1) is 10.2 Å². The first kappa shape index (κ1) is 9.65. The summed E-state index contributed by atoms with van der Waals surface area (Å²) < 4.78 is 2.15. The second-order valence-corrected chi connectivity index (χ2v) is 5.05. The van der Waals surface area contributed by atoms with Gasteiger partial charge in [-0.2, -0.15) is 0 Å². The van der Waals surface area contributed by atoms with Crippen molar-refractivity contribution in [1.82, 2.24) is 19.7 Å². The van der Waals surface area contributed by atoms with Gasteiger partial charge in [-0.25, -0.2) is 0 Å². The zero-order valence-electron chi connectivity index (χ0n) is 9.36. The third-order valence-electron chi connectivity index (χ3n) is 2.86. The maximum Gasteiger partial charge on any atom is 0.147 e. The molecule has 0 saturated heterocycles. The van der Waals surface area contributed by atoms with Gasteiger partial charge in [0.15, 0.2) is 0 Å². The number of nitrogens with zero attached hydrogens (tertiary/aromatic N) is 4. The molecule has 2 heterocycles. The van der Waals surface area contributed by atoms with Gasteiger partial charge < -0.3 is 4.57 Å². The summed E-state index contributed by atoms with van der Waals surface area (Å²) in [6, 6.07) is 0.554. The molecule has 1 aliphatic rings. The molecule has 0 fully saturated rings. The van der Waals surface area contributed by atoms with Crippen molar-refractivity contribution in [3.63, 3.8) is 0 Å². The summed E-state index contributed by atoms with van der Waals surface area (Å²) in [5.74, 6) is 1.08. The molecular weight excluding hydrogens is 176 g/mol. The van der Waals surface area contributed by atoms with E-state index in [9.17, 15) is 0 Å². The van der Waals surface area contributed by atoms with Crippen LogP contribution < -0.4 is 0 Å². The first-order chi connectivity index (χ1) is 6.48. The van der Waals surface area contributed by atoms with Crippen LogP contribution in [0.5, 0.6) is 0 Å². The zero-order valence-corrected chi connectivity index (χ0v) is 9.36. The molecule has 0 aromatic carbocycles. The van der Waals surface area contributed by atoms with E-state index in [4.69, 9.17) is 0 Å². The van der Waals surface area contributed by atoms with Crippen molar-refractivity contribution < 1.29 is 0 Å². The minimum Gasteiger partial charge on any atom is -0.315 e. The summed E-state index contributed by atoms with van der Waals surface area (Å²) in [5.41, 5.74) is 0.205. The molecule has 0 unspecified atom stereocenters. The van der Waals surface area contributed by atoms with Crippen molar-refractivity contribution in [2.75, 3.05) is 0 Å². The number of rotatable bonds is 0. The molecule has 0 spiro atoms. The fourth-order valence-corrected chi connectivity index (χ4v) is 2.14. The molecule has 4 heteroatoms. The minimum absolute atomic E-state index is 0.205. The van der Waals surface area contributed by atoms with Crippen LogP contribution >= 0.6 is 0 Å². The van der Waals surface area contributed by atoms with Crippen LogP contribution in [-0.2, 0) is 13.1 Å². The van der Waals surface area contributed by atoms with Gasteiger partial charge in [-0.1, -0.05) is 0 Å². The fraction of sp³-hybridized carbons (Fsp3) is 0.800. The molecule has 1 atom stereocenters. The molecule has 0 amide bonds. The molecule has 0 radical (unpaired) electrons. The molecule has 0 saturated carbocycles. The minimum atomic E-state index is 0.205. The molecule has 14 heavy (non-hydrogen) atoms. The van der Waals surface area contributed by atoms with Gasteiger partial charge >= 0.3 is 0 Å². The van der Waals surface area contributed by atoms with E-state index in [1.165, 1.54) is 0 Å². The smallest absolute Gasteiger partial charge is 0.147 e. The lowest BCUT2D eigenvalue weighted by molar-refractivity contribution is 0.0505. The molecule has 1 aliphatic heterocycles. The molecule has 1 aromatic heterocycles. The third kappa shape index (κ3) is 1.54. The quantitative estimate of drug-likeness (QED) is 0.624. The van der Waals surface area contributed by atoms with Crippen molar-refractivity contribution in [2.24, 2.45) is 0 Å². The number of hydrogen-bond acceptors (Lipinski definition) is 3. The van der Waals surface area contributed by atoms with Crippen molar-refractivity contribution >= 4 is 0 Å². The van der Waals surface area contributed by atoms with Gasteiger partial charge in [0, 0.05) is 18.1 Å². The van der Waals surface area contributed by atoms with E-state index in [-0.39, 0.29) is 5.54 Å². The second-order valence-electron chi connectivity index (χ2n) is 5.05. The second kappa shape index (κ2) is 3.05. The van der Waals surface area contributed by atoms with Crippen molar-refractivity contribution in [3.05, 3.63) is 12.2 Å². The predicted molar refractivity (Wildman–Crippen MR) is 54.8 cm³/mol. The van der Waals surface area contributed by atoms with Gasteiger partial charge in [-0.3, -0.25) is 4.90 Å². The van der Waals surface area contributed by atoms with Crippen LogP contribution in [-0.4, -0.2) is 31.2 Å². The van der Waals surface area contributed by atoms with Gasteiger partial charge in [0.2, 0.25) is 0 Å². The van der Waals surface area contributed by atoms with Gasteiger partial charge in [-0.05, 0) is 27.7 Å². The molecule has 1 aromatic rings. The Hall–Kier alpha value is -0.900. The Labute approximate surface area is 84.9 Å². The normalized spacial score (nSPS) is 23.6. The van der Waals surface area contributed by atoms with Crippen molar-refractivity contribution in [2.45, 2.75) is 52.4 Å². The highest BCUT2D eigenvalue weighted by molar-refractivity contribution is 4.96. The lowest BCUT2D eigenvalue weighted by Gasteiger charge is -2.42. The maximum absolute atomic E-state index is 4.13. The predicted octanol–water partition coefficient (Wildman–Crippen LogP) is 1.28. The SMILES string of the molecule is C[C@H]1Cn2cnnc2CN1C(C)(C)C. The Balaban J connectivity index is 2.26. The van der Waals surface area contributed by atoms with Gasteiger partial charge in [0.05, 0.1) is 6.54 Å². The number of aromatic nitrogens is 3. The molecule has 4 nitrogen and oxygen atoms in total. The Morgan fingerprint density at radius 3 is 2.79 bits per heavy atom. The summed E-state index contributed by atoms with van der Waals surface area (Å²) in [6.45, 7) is 10.9. The molecular formula is C10H18N4. The topological polar surface area (TPSA) is 34.0 Å². The van der Waals surface area contributed by atoms with E-state index in [1.807, 2.05) is 6.33 Å². The largest absolute Gasteiger partial charge is 0.315 e. The third-order valence-corrected chi connectivity index (χ3v) is 2.86. The molecule has 0 aliphatic carbocycles. The van der Waals surface area contributed by atoms with E-state index in [1.54, 1.807) is 0 Å². The van der Waals surface area contributed by atoms with Crippen LogP contribution in [0, 0.1) is 0 Å². The van der Waals surface area contributed by atoms with Crippen LogP contribution in [0.4, 0.5) is 0 Å². The van der Waals surface area contributed by atoms with Crippen LogP contribution in [0.15, 0.2) is 6.33 Å². The van der Waals surface area contributed by atoms with Crippen LogP contribution in [0.25, 0.3) is 0 Å². The lowest BCUT2D eigenvalue weighted by Crippen LogP contribution is -2.51. The van der Waals surface area contributed by atoms with Crippen LogP contribution in [0.3, 0.4) is 0 Å². The molecule has 0 N–H and O–H groups in total. The van der Waals surface area contributed by atoms with E-state index in [0.29, 0.717) is 6.04 Å². The highest BCUT2D eigenvalue weighted by atomic mass is 15.3. The maximum atomic E-state index is 4.13. The summed E-state index contributed by atoms with van der Waals surface area (Å²) in [5, 5.41) is 8.07. The summed E-state index contributed by atoms with van der Waals surface area (Å²) in [7, 11) is 0. The monoisotopic (exact) mass is 194 g/mol. The van der Waals surface area contributed by atoms with Crippen LogP contribution in [0.1, 0.15) is 33.5 Å². The average Bonchev–Trinajstić information content (AvgIpc) is 2.47. The standard InChI is InChI=1S/C10H18N4/c1-8-5-13-7-11-12-9(13)6-14(8)10(2,3)4/h7-8H,5-6H2,1-4H3/t8-/m0/s1. The summed E-state index contributed by atoms with van der Waals surface area (Å²) in [6.07, 6.45) is 1.83. The number of fused-ring (bicyclic) bond motifs is 1. The Kier molecular flexibility index (Phi) is 2.10. The van der Waals surface area contributed by atoms with Crippen molar-refractivity contribution in [1.29, 1.82) is 0 Å². The first-order valence-corrected chi connectivity index (χ1v) is 5.12. The Morgan fingerprint density at radius 1 is 1.43 bits per heavy atom. The van der Waals surface area contributed by atoms with Gasteiger partial charge in [0.1, 0.15) is 12.2 Å². The zero-order chi connectivity index (χ0) is 10.3. The molecule has 0 bridgehead atoms. The average molecular weight is 194 g/mol. The van der Waals surface area contributed by atoms with E-state index < -0.39 is 0 Å².